The number of hydrogen-bond acceptors (Lipinski definition) is 3. The van der Waals surface area contributed by atoms with E-state index in [2.05, 4.69) is 30.5 Å². The number of rotatable bonds is 8. The van der Waals surface area contributed by atoms with E-state index >= 15 is 0 Å². The summed E-state index contributed by atoms with van der Waals surface area (Å²) in [6.45, 7) is 11.3. The van der Waals surface area contributed by atoms with Crippen molar-refractivity contribution < 1.29 is 9.53 Å². The molecule has 21 heavy (non-hydrogen) atoms. The summed E-state index contributed by atoms with van der Waals surface area (Å²) in [4.78, 5) is 11.7. The Morgan fingerprint density at radius 1 is 1.29 bits per heavy atom. The normalized spacial score (nSPS) is 13.6. The molecular weight excluding hydrogens is 264 g/mol. The Labute approximate surface area is 128 Å². The molecule has 1 aromatic carbocycles. The second-order valence-electron chi connectivity index (χ2n) is 5.47. The summed E-state index contributed by atoms with van der Waals surface area (Å²) in [5, 5.41) is 6.27. The first-order valence-corrected chi connectivity index (χ1v) is 7.74. The third kappa shape index (κ3) is 5.76. The van der Waals surface area contributed by atoms with Gasteiger partial charge in [0.15, 0.2) is 6.61 Å². The average Bonchev–Trinajstić information content (AvgIpc) is 2.46. The second-order valence-corrected chi connectivity index (χ2v) is 5.47. The van der Waals surface area contributed by atoms with E-state index < -0.39 is 0 Å². The number of benzene rings is 1. The smallest absolute Gasteiger partial charge is 0.258 e. The number of carbonyl (C=O) groups is 1. The molecule has 0 aliphatic carbocycles. The zero-order valence-electron chi connectivity index (χ0n) is 13.8. The van der Waals surface area contributed by atoms with Gasteiger partial charge in [0.2, 0.25) is 0 Å². The zero-order valence-corrected chi connectivity index (χ0v) is 13.8. The van der Waals surface area contributed by atoms with Crippen LogP contribution in [0.15, 0.2) is 18.2 Å². The van der Waals surface area contributed by atoms with Gasteiger partial charge < -0.3 is 15.4 Å². The Morgan fingerprint density at radius 3 is 2.57 bits per heavy atom. The Balaban J connectivity index is 2.58. The monoisotopic (exact) mass is 292 g/mol. The molecule has 0 bridgehead atoms. The maximum atomic E-state index is 11.7. The van der Waals surface area contributed by atoms with Gasteiger partial charge in [-0.15, -0.1) is 0 Å². The number of nitrogens with one attached hydrogen (secondary N) is 2. The molecule has 0 aliphatic rings. The number of amides is 1. The van der Waals surface area contributed by atoms with Crippen LogP contribution >= 0.6 is 0 Å². The summed E-state index contributed by atoms with van der Waals surface area (Å²) in [5.74, 6) is 0.690. The molecule has 0 saturated carbocycles. The maximum absolute atomic E-state index is 11.7. The lowest BCUT2D eigenvalue weighted by Crippen LogP contribution is -2.35. The molecule has 4 nitrogen and oxygen atoms in total. The molecule has 1 rings (SSSR count). The summed E-state index contributed by atoms with van der Waals surface area (Å²) in [7, 11) is 0. The van der Waals surface area contributed by atoms with Crippen molar-refractivity contribution in [2.75, 3.05) is 13.2 Å². The minimum Gasteiger partial charge on any atom is -0.484 e. The molecule has 0 fully saturated rings. The van der Waals surface area contributed by atoms with E-state index in [1.54, 1.807) is 0 Å². The Morgan fingerprint density at radius 2 is 2.00 bits per heavy atom. The molecule has 2 atom stereocenters. The molecule has 2 unspecified atom stereocenters. The van der Waals surface area contributed by atoms with Crippen LogP contribution in [0.2, 0.25) is 0 Å². The van der Waals surface area contributed by atoms with Gasteiger partial charge >= 0.3 is 0 Å². The van der Waals surface area contributed by atoms with Gasteiger partial charge in [-0.25, -0.2) is 0 Å². The van der Waals surface area contributed by atoms with Gasteiger partial charge in [0.05, 0.1) is 0 Å². The molecule has 0 aromatic heterocycles. The van der Waals surface area contributed by atoms with Crippen LogP contribution < -0.4 is 15.4 Å². The maximum Gasteiger partial charge on any atom is 0.258 e. The van der Waals surface area contributed by atoms with E-state index in [0.29, 0.717) is 6.04 Å². The Bertz CT molecular complexity index is 460. The molecular formula is C17H28N2O2. The van der Waals surface area contributed by atoms with Gasteiger partial charge in [0.1, 0.15) is 5.75 Å². The lowest BCUT2D eigenvalue weighted by atomic mass is 10.1. The molecule has 1 aromatic rings. The second kappa shape index (κ2) is 8.67. The van der Waals surface area contributed by atoms with Crippen LogP contribution in [0.5, 0.6) is 5.75 Å². The quantitative estimate of drug-likeness (QED) is 0.774. The van der Waals surface area contributed by atoms with Crippen molar-refractivity contribution in [3.05, 3.63) is 29.3 Å². The zero-order chi connectivity index (χ0) is 15.8. The molecule has 4 heteroatoms. The first-order chi connectivity index (χ1) is 9.97. The SMILES string of the molecule is CCNC(C)c1ccc(OCC(=O)NC(C)CC)c(C)c1. The van der Waals surface area contributed by atoms with Crippen LogP contribution in [0.3, 0.4) is 0 Å². The van der Waals surface area contributed by atoms with E-state index in [0.717, 1.165) is 24.3 Å². The first-order valence-electron chi connectivity index (χ1n) is 7.74. The topological polar surface area (TPSA) is 50.4 Å². The molecule has 0 spiro atoms. The molecule has 0 radical (unpaired) electrons. The number of ether oxygens (including phenoxy) is 1. The van der Waals surface area contributed by atoms with E-state index in [1.165, 1.54) is 5.56 Å². The summed E-state index contributed by atoms with van der Waals surface area (Å²) in [6.07, 6.45) is 0.918. The molecule has 2 N–H and O–H groups in total. The van der Waals surface area contributed by atoms with Crippen LogP contribution in [0.4, 0.5) is 0 Å². The Hall–Kier alpha value is -1.55. The number of hydrogen-bond donors (Lipinski definition) is 2. The lowest BCUT2D eigenvalue weighted by Gasteiger charge is -2.16. The van der Waals surface area contributed by atoms with Crippen molar-refractivity contribution in [3.8, 4) is 5.75 Å². The van der Waals surface area contributed by atoms with Crippen molar-refractivity contribution in [1.82, 2.24) is 10.6 Å². The third-order valence-corrected chi connectivity index (χ3v) is 3.59. The van der Waals surface area contributed by atoms with Crippen LogP contribution in [0, 0.1) is 6.92 Å². The molecule has 1 amide bonds. The lowest BCUT2D eigenvalue weighted by molar-refractivity contribution is -0.123. The van der Waals surface area contributed by atoms with E-state index in [4.69, 9.17) is 4.74 Å². The Kier molecular flexibility index (Phi) is 7.23. The van der Waals surface area contributed by atoms with Gasteiger partial charge in [-0.3, -0.25) is 4.79 Å². The molecule has 118 valence electrons. The fraction of sp³-hybridized carbons (Fsp3) is 0.588. The van der Waals surface area contributed by atoms with Gasteiger partial charge in [0.25, 0.3) is 5.91 Å². The molecule has 0 aliphatic heterocycles. The highest BCUT2D eigenvalue weighted by Gasteiger charge is 2.09. The van der Waals surface area contributed by atoms with Gasteiger partial charge in [-0.1, -0.05) is 26.0 Å². The van der Waals surface area contributed by atoms with Crippen molar-refractivity contribution in [2.45, 2.75) is 53.1 Å². The highest BCUT2D eigenvalue weighted by Crippen LogP contribution is 2.22. The summed E-state index contributed by atoms with van der Waals surface area (Å²) in [5.41, 5.74) is 2.28. The average molecular weight is 292 g/mol. The van der Waals surface area contributed by atoms with Gasteiger partial charge in [0, 0.05) is 12.1 Å². The summed E-state index contributed by atoms with van der Waals surface area (Å²) >= 11 is 0. The van der Waals surface area contributed by atoms with E-state index in [1.807, 2.05) is 32.9 Å². The van der Waals surface area contributed by atoms with Crippen molar-refractivity contribution in [1.29, 1.82) is 0 Å². The third-order valence-electron chi connectivity index (χ3n) is 3.59. The van der Waals surface area contributed by atoms with Crippen molar-refractivity contribution >= 4 is 5.91 Å². The summed E-state index contributed by atoms with van der Waals surface area (Å²) in [6, 6.07) is 6.59. The number of carbonyl (C=O) groups excluding carboxylic acids is 1. The largest absolute Gasteiger partial charge is 0.484 e. The number of aryl methyl sites for hydroxylation is 1. The fourth-order valence-corrected chi connectivity index (χ4v) is 2.09. The standard InChI is InChI=1S/C17H28N2O2/c1-6-13(4)19-17(20)11-21-16-9-8-15(10-12(16)3)14(5)18-7-2/h8-10,13-14,18H,6-7,11H2,1-5H3,(H,19,20). The van der Waals surface area contributed by atoms with Crippen molar-refractivity contribution in [3.63, 3.8) is 0 Å². The van der Waals surface area contributed by atoms with Crippen molar-refractivity contribution in [2.24, 2.45) is 0 Å². The predicted molar refractivity (Wildman–Crippen MR) is 86.7 cm³/mol. The van der Waals surface area contributed by atoms with Crippen LogP contribution in [-0.2, 0) is 4.79 Å². The fourth-order valence-electron chi connectivity index (χ4n) is 2.09. The van der Waals surface area contributed by atoms with Crippen LogP contribution in [0.25, 0.3) is 0 Å². The highest BCUT2D eigenvalue weighted by molar-refractivity contribution is 5.77. The first kappa shape index (κ1) is 17.5. The van der Waals surface area contributed by atoms with Crippen LogP contribution in [0.1, 0.15) is 51.3 Å². The summed E-state index contributed by atoms with van der Waals surface area (Å²) < 4.78 is 5.61. The van der Waals surface area contributed by atoms with Gasteiger partial charge in [-0.05, 0) is 50.9 Å². The van der Waals surface area contributed by atoms with E-state index in [9.17, 15) is 4.79 Å². The molecule has 0 saturated heterocycles. The minimum atomic E-state index is -0.0751. The molecule has 0 heterocycles. The van der Waals surface area contributed by atoms with Crippen LogP contribution in [-0.4, -0.2) is 25.1 Å². The van der Waals surface area contributed by atoms with Gasteiger partial charge in [-0.2, -0.15) is 0 Å². The highest BCUT2D eigenvalue weighted by atomic mass is 16.5. The van der Waals surface area contributed by atoms with E-state index in [-0.39, 0.29) is 18.6 Å². The predicted octanol–water partition coefficient (Wildman–Crippen LogP) is 2.96. The minimum absolute atomic E-state index is 0.0628.